The molecule has 0 aromatic heterocycles. The van der Waals surface area contributed by atoms with Crippen LogP contribution in [0.3, 0.4) is 0 Å². The monoisotopic (exact) mass is 414 g/mol. The highest BCUT2D eigenvalue weighted by Crippen LogP contribution is 2.23. The minimum atomic E-state index is -0.129. The Labute approximate surface area is 176 Å². The largest absolute Gasteiger partial charge is 0.497 e. The summed E-state index contributed by atoms with van der Waals surface area (Å²) < 4.78 is 5.13. The van der Waals surface area contributed by atoms with Crippen LogP contribution < -0.4 is 20.3 Å². The van der Waals surface area contributed by atoms with E-state index in [-0.39, 0.29) is 11.3 Å². The van der Waals surface area contributed by atoms with Crippen molar-refractivity contribution in [1.82, 2.24) is 10.2 Å². The zero-order chi connectivity index (χ0) is 20.2. The van der Waals surface area contributed by atoms with Crippen LogP contribution in [0.1, 0.15) is 16.8 Å². The lowest BCUT2D eigenvalue weighted by atomic mass is 10.2. The van der Waals surface area contributed by atoms with Crippen LogP contribution in [0, 0.1) is 0 Å². The van der Waals surface area contributed by atoms with Crippen molar-refractivity contribution in [1.29, 1.82) is 0 Å². The Morgan fingerprint density at radius 3 is 2.34 bits per heavy atom. The number of alkyl halides is 1. The number of hydrogen-bond acceptors (Lipinski definition) is 5. The number of carbonyl (C=O) groups excluding carboxylic acids is 1. The molecule has 1 amide bonds. The minimum Gasteiger partial charge on any atom is -0.497 e. The Hall–Kier alpha value is -2.28. The number of halogens is 1. The summed E-state index contributed by atoms with van der Waals surface area (Å²) in [5.74, 6) is 0.605. The van der Waals surface area contributed by atoms with Gasteiger partial charge in [0.15, 0.2) is 0 Å². The molecule has 2 N–H and O–H groups in total. The molecule has 2 atom stereocenters. The van der Waals surface area contributed by atoms with Gasteiger partial charge in [-0.1, -0.05) is 0 Å². The maximum absolute atomic E-state index is 12.4. The number of hydrogen-bond donors (Lipinski definition) is 2. The number of nitrogens with one attached hydrogen (secondary N) is 2. The topological polar surface area (TPSA) is 56.8 Å². The van der Waals surface area contributed by atoms with Gasteiger partial charge in [-0.2, -0.15) is 0 Å². The molecule has 2 aromatic carbocycles. The van der Waals surface area contributed by atoms with Crippen LogP contribution in [0.2, 0.25) is 0 Å². The second-order valence-electron chi connectivity index (χ2n) is 7.51. The van der Waals surface area contributed by atoms with E-state index in [1.807, 2.05) is 12.1 Å². The average Bonchev–Trinajstić information content (AvgIpc) is 3.21. The molecule has 29 heavy (non-hydrogen) atoms. The van der Waals surface area contributed by atoms with Gasteiger partial charge in [0.2, 0.25) is 0 Å². The fourth-order valence-corrected chi connectivity index (χ4v) is 4.20. The predicted molar refractivity (Wildman–Crippen MR) is 117 cm³/mol. The molecule has 2 heterocycles. The Morgan fingerprint density at radius 2 is 1.76 bits per heavy atom. The number of nitrogens with zero attached hydrogens (tertiary/aromatic N) is 2. The van der Waals surface area contributed by atoms with E-state index in [9.17, 15) is 4.79 Å². The average molecular weight is 415 g/mol. The number of piperazine rings is 1. The zero-order valence-electron chi connectivity index (χ0n) is 16.6. The molecule has 0 saturated carbocycles. The van der Waals surface area contributed by atoms with E-state index < -0.39 is 0 Å². The zero-order valence-corrected chi connectivity index (χ0v) is 17.4. The molecule has 0 spiro atoms. The van der Waals surface area contributed by atoms with E-state index >= 15 is 0 Å². The number of carbonyl (C=O) groups is 1. The maximum Gasteiger partial charge on any atom is 0.255 e. The Bertz CT molecular complexity index is 820. The van der Waals surface area contributed by atoms with Crippen molar-refractivity contribution in [3.63, 3.8) is 0 Å². The summed E-state index contributed by atoms with van der Waals surface area (Å²) in [5.41, 5.74) is 2.57. The third kappa shape index (κ3) is 4.83. The standard InChI is InChI=1S/C22H27ClN4O2/c1-29-20-8-2-16(3-9-20)22(28)25-18-4-6-19(7-5-18)26-10-12-27(13-11-26)21-14-17(23)15-24-21/h2-9,17,21,24H,10-15H2,1H3,(H,25,28). The van der Waals surface area contributed by atoms with Crippen molar-refractivity contribution in [3.8, 4) is 5.75 Å². The molecular formula is C22H27ClN4O2. The van der Waals surface area contributed by atoms with Crippen LogP contribution in [0.15, 0.2) is 48.5 Å². The van der Waals surface area contributed by atoms with Gasteiger partial charge in [0.25, 0.3) is 5.91 Å². The number of rotatable bonds is 5. The summed E-state index contributed by atoms with van der Waals surface area (Å²) in [6, 6.07) is 15.1. The molecule has 0 aliphatic carbocycles. The molecule has 2 saturated heterocycles. The molecule has 6 nitrogen and oxygen atoms in total. The highest BCUT2D eigenvalue weighted by molar-refractivity contribution is 6.21. The number of methoxy groups -OCH3 is 1. The van der Waals surface area contributed by atoms with E-state index in [1.54, 1.807) is 31.4 Å². The Kier molecular flexibility index (Phi) is 6.23. The van der Waals surface area contributed by atoms with Crippen molar-refractivity contribution in [2.24, 2.45) is 0 Å². The molecule has 4 rings (SSSR count). The first-order valence-corrected chi connectivity index (χ1v) is 10.5. The molecule has 2 aromatic rings. The number of anilines is 2. The smallest absolute Gasteiger partial charge is 0.255 e. The van der Waals surface area contributed by atoms with Gasteiger partial charge in [-0.3, -0.25) is 9.69 Å². The van der Waals surface area contributed by atoms with Crippen LogP contribution in [0.5, 0.6) is 5.75 Å². The SMILES string of the molecule is COc1ccc(C(=O)Nc2ccc(N3CCN(C4CC(Cl)CN4)CC3)cc2)cc1. The third-order valence-corrected chi connectivity index (χ3v) is 5.98. The summed E-state index contributed by atoms with van der Waals surface area (Å²) in [6.45, 7) is 4.93. The highest BCUT2D eigenvalue weighted by atomic mass is 35.5. The molecule has 154 valence electrons. The van der Waals surface area contributed by atoms with Gasteiger partial charge in [-0.05, 0) is 55.0 Å². The fraction of sp³-hybridized carbons (Fsp3) is 0.409. The molecule has 2 aliphatic rings. The van der Waals surface area contributed by atoms with Gasteiger partial charge >= 0.3 is 0 Å². The lowest BCUT2D eigenvalue weighted by Gasteiger charge is -2.39. The van der Waals surface area contributed by atoms with Gasteiger partial charge in [0.1, 0.15) is 5.75 Å². The van der Waals surface area contributed by atoms with Crippen LogP contribution in [-0.2, 0) is 0 Å². The molecular weight excluding hydrogens is 388 g/mol. The van der Waals surface area contributed by atoms with Gasteiger partial charge < -0.3 is 20.3 Å². The van der Waals surface area contributed by atoms with Gasteiger partial charge in [0.05, 0.1) is 13.3 Å². The number of ether oxygens (including phenoxy) is 1. The first kappa shape index (κ1) is 20.0. The Balaban J connectivity index is 1.30. The quantitative estimate of drug-likeness (QED) is 0.736. The van der Waals surface area contributed by atoms with Crippen molar-refractivity contribution in [2.75, 3.05) is 50.1 Å². The second-order valence-corrected chi connectivity index (χ2v) is 8.13. The van der Waals surface area contributed by atoms with Crippen molar-refractivity contribution >= 4 is 28.9 Å². The van der Waals surface area contributed by atoms with Crippen LogP contribution >= 0.6 is 11.6 Å². The number of amides is 1. The number of benzene rings is 2. The van der Waals surface area contributed by atoms with Crippen LogP contribution in [-0.4, -0.2) is 62.2 Å². The van der Waals surface area contributed by atoms with E-state index in [1.165, 1.54) is 5.69 Å². The molecule has 2 unspecified atom stereocenters. The van der Waals surface area contributed by atoms with Gasteiger partial charge in [-0.15, -0.1) is 11.6 Å². The molecule has 7 heteroatoms. The molecule has 0 bridgehead atoms. The van der Waals surface area contributed by atoms with E-state index in [4.69, 9.17) is 16.3 Å². The normalized spacial score (nSPS) is 22.5. The maximum atomic E-state index is 12.4. The summed E-state index contributed by atoms with van der Waals surface area (Å²) in [4.78, 5) is 17.3. The van der Waals surface area contributed by atoms with Gasteiger partial charge in [-0.25, -0.2) is 0 Å². The third-order valence-electron chi connectivity index (χ3n) is 5.65. The van der Waals surface area contributed by atoms with Gasteiger partial charge in [0, 0.05) is 55.0 Å². The fourth-order valence-electron chi connectivity index (χ4n) is 3.94. The van der Waals surface area contributed by atoms with Crippen molar-refractivity contribution in [3.05, 3.63) is 54.1 Å². The second kappa shape index (κ2) is 9.03. The van der Waals surface area contributed by atoms with Crippen LogP contribution in [0.4, 0.5) is 11.4 Å². The van der Waals surface area contributed by atoms with E-state index in [2.05, 4.69) is 32.6 Å². The minimum absolute atomic E-state index is 0.129. The molecule has 0 radical (unpaired) electrons. The first-order chi connectivity index (χ1) is 14.1. The highest BCUT2D eigenvalue weighted by Gasteiger charge is 2.29. The first-order valence-electron chi connectivity index (χ1n) is 10.0. The van der Waals surface area contributed by atoms with E-state index in [0.717, 1.165) is 50.6 Å². The summed E-state index contributed by atoms with van der Waals surface area (Å²) in [5, 5.41) is 6.70. The lowest BCUT2D eigenvalue weighted by molar-refractivity contribution is 0.102. The predicted octanol–water partition coefficient (Wildman–Crippen LogP) is 3.00. The summed E-state index contributed by atoms with van der Waals surface area (Å²) in [7, 11) is 1.61. The van der Waals surface area contributed by atoms with Crippen LogP contribution in [0.25, 0.3) is 0 Å². The van der Waals surface area contributed by atoms with E-state index in [0.29, 0.717) is 11.7 Å². The van der Waals surface area contributed by atoms with Crippen molar-refractivity contribution in [2.45, 2.75) is 18.0 Å². The molecule has 2 aliphatic heterocycles. The van der Waals surface area contributed by atoms with Crippen molar-refractivity contribution < 1.29 is 9.53 Å². The summed E-state index contributed by atoms with van der Waals surface area (Å²) >= 11 is 6.22. The molecule has 2 fully saturated rings. The Morgan fingerprint density at radius 1 is 1.07 bits per heavy atom. The lowest BCUT2D eigenvalue weighted by Crippen LogP contribution is -2.53. The summed E-state index contributed by atoms with van der Waals surface area (Å²) in [6.07, 6.45) is 1.43.